The van der Waals surface area contributed by atoms with Crippen molar-refractivity contribution in [3.05, 3.63) is 99.7 Å². The summed E-state index contributed by atoms with van der Waals surface area (Å²) in [5.74, 6) is -0.0167. The highest BCUT2D eigenvalue weighted by Gasteiger charge is 2.31. The predicted molar refractivity (Wildman–Crippen MR) is 127 cm³/mol. The van der Waals surface area contributed by atoms with E-state index in [0.717, 1.165) is 11.1 Å². The van der Waals surface area contributed by atoms with E-state index < -0.39 is 5.91 Å². The summed E-state index contributed by atoms with van der Waals surface area (Å²) in [5, 5.41) is 4.10. The van der Waals surface area contributed by atoms with Gasteiger partial charge in [-0.1, -0.05) is 59.6 Å². The maximum Gasteiger partial charge on any atom is 0.294 e. The lowest BCUT2D eigenvalue weighted by molar-refractivity contribution is -0.123. The van der Waals surface area contributed by atoms with Gasteiger partial charge in [0, 0.05) is 16.6 Å². The molecule has 0 spiro atoms. The molecule has 32 heavy (non-hydrogen) atoms. The largest absolute Gasteiger partial charge is 0.449 e. The van der Waals surface area contributed by atoms with Gasteiger partial charge in [-0.2, -0.15) is 0 Å². The van der Waals surface area contributed by atoms with Crippen molar-refractivity contribution in [1.29, 1.82) is 0 Å². The fraction of sp³-hybridized carbons (Fsp3) is 0.120. The monoisotopic (exact) mass is 466 g/mol. The molecule has 7 heteroatoms. The zero-order valence-corrected chi connectivity index (χ0v) is 18.6. The van der Waals surface area contributed by atoms with E-state index in [4.69, 9.17) is 27.9 Å². The highest BCUT2D eigenvalue weighted by atomic mass is 35.5. The van der Waals surface area contributed by atoms with Crippen molar-refractivity contribution < 1.29 is 14.3 Å². The van der Waals surface area contributed by atoms with E-state index in [-0.39, 0.29) is 18.2 Å². The van der Waals surface area contributed by atoms with Gasteiger partial charge in [0.2, 0.25) is 5.91 Å². The zero-order chi connectivity index (χ0) is 22.5. The third kappa shape index (κ3) is 5.31. The molecule has 0 aromatic heterocycles. The second-order valence-electron chi connectivity index (χ2n) is 7.25. The summed E-state index contributed by atoms with van der Waals surface area (Å²) in [4.78, 5) is 27.2. The Labute approximate surface area is 196 Å². The molecule has 3 aromatic rings. The number of fused-ring (bicyclic) bond motifs is 1. The van der Waals surface area contributed by atoms with Gasteiger partial charge < -0.3 is 10.1 Å². The fourth-order valence-electron chi connectivity index (χ4n) is 3.36. The van der Waals surface area contributed by atoms with Crippen LogP contribution in [0.15, 0.2) is 78.6 Å². The van der Waals surface area contributed by atoms with Crippen molar-refractivity contribution in [3.63, 3.8) is 0 Å². The van der Waals surface area contributed by atoms with Crippen LogP contribution in [0.3, 0.4) is 0 Å². The number of carbonyl (C=O) groups is 2. The standard InChI is InChI=1S/C25H20Cl2N2O3/c26-19-10-8-17(9-11-19)12-13-28-24(30)16-29-21-6-1-2-7-22(21)32-23(25(29)31)15-18-4-3-5-20(27)14-18/h1-11,14-15H,12-13,16H2,(H,28,30). The van der Waals surface area contributed by atoms with Crippen molar-refractivity contribution in [2.45, 2.75) is 6.42 Å². The third-order valence-electron chi connectivity index (χ3n) is 4.93. The second kappa shape index (κ2) is 9.90. The SMILES string of the molecule is O=C(CN1C(=O)C(=Cc2cccc(Cl)c2)Oc2ccccc21)NCCc1ccc(Cl)cc1. The minimum Gasteiger partial charge on any atom is -0.449 e. The summed E-state index contributed by atoms with van der Waals surface area (Å²) in [5.41, 5.74) is 2.34. The van der Waals surface area contributed by atoms with Crippen LogP contribution >= 0.6 is 23.2 Å². The van der Waals surface area contributed by atoms with Gasteiger partial charge in [0.15, 0.2) is 11.5 Å². The molecule has 1 N–H and O–H groups in total. The van der Waals surface area contributed by atoms with Gasteiger partial charge in [0.05, 0.1) is 5.69 Å². The summed E-state index contributed by atoms with van der Waals surface area (Å²) < 4.78 is 5.83. The number of hydrogen-bond acceptors (Lipinski definition) is 3. The van der Waals surface area contributed by atoms with E-state index in [1.807, 2.05) is 36.4 Å². The smallest absolute Gasteiger partial charge is 0.294 e. The number of nitrogens with zero attached hydrogens (tertiary/aromatic N) is 1. The van der Waals surface area contributed by atoms with Gasteiger partial charge in [-0.15, -0.1) is 0 Å². The van der Waals surface area contributed by atoms with Gasteiger partial charge in [-0.25, -0.2) is 0 Å². The minimum absolute atomic E-state index is 0.118. The molecule has 0 atom stereocenters. The molecule has 0 saturated carbocycles. The molecule has 0 radical (unpaired) electrons. The fourth-order valence-corrected chi connectivity index (χ4v) is 3.69. The van der Waals surface area contributed by atoms with E-state index in [0.29, 0.717) is 34.4 Å². The molecule has 0 bridgehead atoms. The van der Waals surface area contributed by atoms with Crippen LogP contribution in [0.5, 0.6) is 5.75 Å². The molecule has 4 rings (SSSR count). The van der Waals surface area contributed by atoms with E-state index >= 15 is 0 Å². The molecular weight excluding hydrogens is 447 g/mol. The summed E-state index contributed by atoms with van der Waals surface area (Å²) in [6, 6.07) is 21.7. The molecule has 0 fully saturated rings. The van der Waals surface area contributed by atoms with Crippen LogP contribution in [-0.4, -0.2) is 24.9 Å². The number of nitrogens with one attached hydrogen (secondary N) is 1. The van der Waals surface area contributed by atoms with E-state index in [1.165, 1.54) is 4.90 Å². The first kappa shape index (κ1) is 21.9. The Morgan fingerprint density at radius 3 is 2.53 bits per heavy atom. The number of ether oxygens (including phenoxy) is 1. The maximum absolute atomic E-state index is 13.1. The summed E-state index contributed by atoms with van der Waals surface area (Å²) in [6.07, 6.45) is 2.28. The quantitative estimate of drug-likeness (QED) is 0.512. The van der Waals surface area contributed by atoms with Gasteiger partial charge in [0.1, 0.15) is 6.54 Å². The first-order valence-corrected chi connectivity index (χ1v) is 10.8. The van der Waals surface area contributed by atoms with Crippen molar-refractivity contribution in [3.8, 4) is 5.75 Å². The lowest BCUT2D eigenvalue weighted by Gasteiger charge is -2.30. The van der Waals surface area contributed by atoms with Crippen LogP contribution in [0.4, 0.5) is 5.69 Å². The summed E-state index contributed by atoms with van der Waals surface area (Å²) in [7, 11) is 0. The molecule has 3 aromatic carbocycles. The van der Waals surface area contributed by atoms with Crippen LogP contribution < -0.4 is 15.0 Å². The predicted octanol–water partition coefficient (Wildman–Crippen LogP) is 5.12. The van der Waals surface area contributed by atoms with Gasteiger partial charge in [-0.05, 0) is 60.0 Å². The Morgan fingerprint density at radius 1 is 0.969 bits per heavy atom. The van der Waals surface area contributed by atoms with E-state index in [1.54, 1.807) is 42.5 Å². The third-order valence-corrected chi connectivity index (χ3v) is 5.42. The number of rotatable bonds is 6. The number of anilines is 1. The molecule has 1 aliphatic heterocycles. The van der Waals surface area contributed by atoms with Gasteiger partial charge in [0.25, 0.3) is 5.91 Å². The normalized spacial score (nSPS) is 14.1. The summed E-state index contributed by atoms with van der Waals surface area (Å²) in [6.45, 7) is 0.332. The Morgan fingerprint density at radius 2 is 1.75 bits per heavy atom. The number of para-hydroxylation sites is 2. The highest BCUT2D eigenvalue weighted by molar-refractivity contribution is 6.31. The summed E-state index contributed by atoms with van der Waals surface area (Å²) >= 11 is 12.0. The number of hydrogen-bond donors (Lipinski definition) is 1. The Bertz CT molecular complexity index is 1180. The van der Waals surface area contributed by atoms with E-state index in [9.17, 15) is 9.59 Å². The first-order valence-electron chi connectivity index (χ1n) is 10.1. The second-order valence-corrected chi connectivity index (χ2v) is 8.12. The zero-order valence-electron chi connectivity index (χ0n) is 17.1. The molecule has 5 nitrogen and oxygen atoms in total. The number of halogens is 2. The van der Waals surface area contributed by atoms with Crippen LogP contribution in [0.1, 0.15) is 11.1 Å². The van der Waals surface area contributed by atoms with Crippen molar-refractivity contribution in [2.24, 2.45) is 0 Å². The lowest BCUT2D eigenvalue weighted by Crippen LogP contribution is -2.44. The van der Waals surface area contributed by atoms with Crippen molar-refractivity contribution >= 4 is 46.8 Å². The van der Waals surface area contributed by atoms with E-state index in [2.05, 4.69) is 5.32 Å². The first-order chi connectivity index (χ1) is 15.5. The molecule has 1 heterocycles. The number of carbonyl (C=O) groups excluding carboxylic acids is 2. The molecule has 2 amide bonds. The lowest BCUT2D eigenvalue weighted by atomic mass is 10.1. The van der Waals surface area contributed by atoms with Crippen molar-refractivity contribution in [2.75, 3.05) is 18.0 Å². The molecular formula is C25H20Cl2N2O3. The highest BCUT2D eigenvalue weighted by Crippen LogP contribution is 2.35. The average molecular weight is 467 g/mol. The Balaban J connectivity index is 1.48. The molecule has 0 aliphatic carbocycles. The van der Waals surface area contributed by atoms with Crippen LogP contribution in [0.25, 0.3) is 6.08 Å². The number of benzene rings is 3. The number of amides is 2. The Hall–Kier alpha value is -3.28. The molecule has 0 saturated heterocycles. The maximum atomic E-state index is 13.1. The minimum atomic E-state index is -0.392. The van der Waals surface area contributed by atoms with Gasteiger partial charge in [-0.3, -0.25) is 14.5 Å². The molecule has 162 valence electrons. The van der Waals surface area contributed by atoms with Crippen LogP contribution in [-0.2, 0) is 16.0 Å². The topological polar surface area (TPSA) is 58.6 Å². The van der Waals surface area contributed by atoms with Crippen molar-refractivity contribution in [1.82, 2.24) is 5.32 Å². The Kier molecular flexibility index (Phi) is 6.78. The van der Waals surface area contributed by atoms with Gasteiger partial charge >= 0.3 is 0 Å². The van der Waals surface area contributed by atoms with Crippen LogP contribution in [0, 0.1) is 0 Å². The molecule has 1 aliphatic rings. The van der Waals surface area contributed by atoms with Crippen LogP contribution in [0.2, 0.25) is 10.0 Å². The molecule has 0 unspecified atom stereocenters. The average Bonchev–Trinajstić information content (AvgIpc) is 2.78.